The number of nitriles is 1. The van der Waals surface area contributed by atoms with Gasteiger partial charge in [0.15, 0.2) is 0 Å². The summed E-state index contributed by atoms with van der Waals surface area (Å²) in [6, 6.07) is 5.36. The van der Waals surface area contributed by atoms with Crippen molar-refractivity contribution < 1.29 is 9.53 Å². The summed E-state index contributed by atoms with van der Waals surface area (Å²) in [7, 11) is 0. The van der Waals surface area contributed by atoms with E-state index in [4.69, 9.17) is 10.00 Å². The van der Waals surface area contributed by atoms with Crippen LogP contribution in [0.2, 0.25) is 0 Å². The maximum absolute atomic E-state index is 12.0. The van der Waals surface area contributed by atoms with E-state index in [0.29, 0.717) is 17.9 Å². The summed E-state index contributed by atoms with van der Waals surface area (Å²) in [4.78, 5) is 27.2. The maximum atomic E-state index is 12.0. The molecule has 3 aliphatic rings. The zero-order valence-corrected chi connectivity index (χ0v) is 15.7. The lowest BCUT2D eigenvalue weighted by Gasteiger charge is -2.22. The minimum absolute atomic E-state index is 0.0676. The fourth-order valence-electron chi connectivity index (χ4n) is 3.58. The first-order valence-corrected chi connectivity index (χ1v) is 9.47. The van der Waals surface area contributed by atoms with Crippen molar-refractivity contribution in [1.29, 1.82) is 5.26 Å². The standard InChI is InChI=1S/C21H21N5O2/c1-2-16-8-18-19(25-21(16)27)7-15(11-23-18)12-26-6-5-17(13-26)28-20-4-3-14(9-22)10-24-20/h3-4,7-8,10-11,17-18H,2,5-6,12-13H2,1H3/t17-,18?/m1/s1. The van der Waals surface area contributed by atoms with Gasteiger partial charge in [0.05, 0.1) is 11.3 Å². The quantitative estimate of drug-likeness (QED) is 0.786. The van der Waals surface area contributed by atoms with E-state index in [0.717, 1.165) is 42.9 Å². The van der Waals surface area contributed by atoms with Crippen molar-refractivity contribution in [1.82, 2.24) is 9.88 Å². The SMILES string of the molecule is CCC1=CC2N=CC(CN3CC[C@@H](Oc4ccc(C#N)cn4)C3)=CC2=NC1=O. The van der Waals surface area contributed by atoms with Crippen LogP contribution in [0.3, 0.4) is 0 Å². The Kier molecular flexibility index (Phi) is 5.13. The van der Waals surface area contributed by atoms with Gasteiger partial charge in [-0.15, -0.1) is 0 Å². The van der Waals surface area contributed by atoms with Crippen LogP contribution in [-0.4, -0.2) is 59.5 Å². The molecule has 3 aliphatic heterocycles. The molecule has 1 unspecified atom stereocenters. The highest BCUT2D eigenvalue weighted by Crippen LogP contribution is 2.21. The van der Waals surface area contributed by atoms with Crippen LogP contribution in [0.25, 0.3) is 0 Å². The molecular formula is C21H21N5O2. The molecule has 1 saturated heterocycles. The molecule has 1 fully saturated rings. The lowest BCUT2D eigenvalue weighted by molar-refractivity contribution is -0.114. The number of carbonyl (C=O) groups excluding carboxylic acids is 1. The van der Waals surface area contributed by atoms with E-state index in [1.165, 1.54) is 6.20 Å². The molecule has 0 bridgehead atoms. The largest absolute Gasteiger partial charge is 0.473 e. The number of amides is 1. The molecule has 4 rings (SSSR count). The molecule has 0 aliphatic carbocycles. The van der Waals surface area contributed by atoms with Crippen LogP contribution < -0.4 is 4.74 Å². The molecule has 7 heteroatoms. The average Bonchev–Trinajstić information content (AvgIpc) is 3.14. The van der Waals surface area contributed by atoms with Crippen molar-refractivity contribution in [2.75, 3.05) is 19.6 Å². The molecule has 1 aromatic heterocycles. The number of aromatic nitrogens is 1. The summed E-state index contributed by atoms with van der Waals surface area (Å²) in [5.74, 6) is 0.395. The van der Waals surface area contributed by atoms with E-state index < -0.39 is 0 Å². The van der Waals surface area contributed by atoms with E-state index >= 15 is 0 Å². The second kappa shape index (κ2) is 7.87. The van der Waals surface area contributed by atoms with Crippen molar-refractivity contribution in [2.24, 2.45) is 9.98 Å². The minimum Gasteiger partial charge on any atom is -0.473 e. The first kappa shape index (κ1) is 18.3. The molecule has 0 aromatic carbocycles. The Balaban J connectivity index is 1.34. The Morgan fingerprint density at radius 1 is 1.39 bits per heavy atom. The number of likely N-dealkylation sites (tertiary alicyclic amines) is 1. The first-order valence-electron chi connectivity index (χ1n) is 9.47. The van der Waals surface area contributed by atoms with Gasteiger partial charge in [-0.25, -0.2) is 9.98 Å². The molecular weight excluding hydrogens is 354 g/mol. The number of hydrogen-bond donors (Lipinski definition) is 0. The number of pyridine rings is 1. The third-order valence-corrected chi connectivity index (χ3v) is 5.07. The summed E-state index contributed by atoms with van der Waals surface area (Å²) in [6.07, 6.45) is 8.97. The van der Waals surface area contributed by atoms with Crippen LogP contribution in [0.1, 0.15) is 25.3 Å². The Hall–Kier alpha value is -3.11. The molecule has 0 N–H and O–H groups in total. The molecule has 0 spiro atoms. The summed E-state index contributed by atoms with van der Waals surface area (Å²) in [6.45, 7) is 4.41. The number of hydrogen-bond acceptors (Lipinski definition) is 6. The van der Waals surface area contributed by atoms with Crippen molar-refractivity contribution >= 4 is 17.8 Å². The molecule has 28 heavy (non-hydrogen) atoms. The van der Waals surface area contributed by atoms with Crippen LogP contribution in [0.4, 0.5) is 0 Å². The third kappa shape index (κ3) is 3.92. The van der Waals surface area contributed by atoms with Gasteiger partial charge < -0.3 is 4.74 Å². The van der Waals surface area contributed by atoms with Gasteiger partial charge in [-0.1, -0.05) is 6.92 Å². The topological polar surface area (TPSA) is 90.9 Å². The van der Waals surface area contributed by atoms with E-state index in [2.05, 4.69) is 19.9 Å². The molecule has 4 heterocycles. The van der Waals surface area contributed by atoms with Gasteiger partial charge in [-0.2, -0.15) is 5.26 Å². The van der Waals surface area contributed by atoms with Crippen LogP contribution >= 0.6 is 0 Å². The Morgan fingerprint density at radius 3 is 3.04 bits per heavy atom. The second-order valence-corrected chi connectivity index (χ2v) is 7.09. The zero-order valence-electron chi connectivity index (χ0n) is 15.7. The van der Waals surface area contributed by atoms with E-state index in [-0.39, 0.29) is 18.1 Å². The fraction of sp³-hybridized carbons (Fsp3) is 0.381. The highest BCUT2D eigenvalue weighted by atomic mass is 16.5. The molecule has 142 valence electrons. The smallest absolute Gasteiger partial charge is 0.272 e. The highest BCUT2D eigenvalue weighted by Gasteiger charge is 2.27. The summed E-state index contributed by atoms with van der Waals surface area (Å²) < 4.78 is 5.93. The van der Waals surface area contributed by atoms with E-state index in [1.54, 1.807) is 12.1 Å². The van der Waals surface area contributed by atoms with Crippen molar-refractivity contribution in [2.45, 2.75) is 31.9 Å². The predicted octanol–water partition coefficient (Wildman–Crippen LogP) is 2.10. The van der Waals surface area contributed by atoms with Gasteiger partial charge in [-0.3, -0.25) is 14.7 Å². The number of dihydropyridines is 2. The van der Waals surface area contributed by atoms with Gasteiger partial charge in [0, 0.05) is 43.7 Å². The molecule has 1 aromatic rings. The number of carbonyl (C=O) groups is 1. The van der Waals surface area contributed by atoms with Crippen LogP contribution in [0, 0.1) is 11.3 Å². The lowest BCUT2D eigenvalue weighted by Crippen LogP contribution is -2.30. The first-order chi connectivity index (χ1) is 13.6. The minimum atomic E-state index is -0.147. The molecule has 2 atom stereocenters. The van der Waals surface area contributed by atoms with Crippen molar-refractivity contribution in [3.05, 3.63) is 47.2 Å². The molecule has 7 nitrogen and oxygen atoms in total. The number of fused-ring (bicyclic) bond motifs is 1. The second-order valence-electron chi connectivity index (χ2n) is 7.09. The Labute approximate surface area is 163 Å². The van der Waals surface area contributed by atoms with Gasteiger partial charge in [-0.05, 0) is 36.6 Å². The lowest BCUT2D eigenvalue weighted by atomic mass is 9.98. The summed E-state index contributed by atoms with van der Waals surface area (Å²) >= 11 is 0. The Bertz CT molecular complexity index is 937. The zero-order chi connectivity index (χ0) is 19.5. The van der Waals surface area contributed by atoms with Crippen LogP contribution in [0.15, 0.2) is 51.6 Å². The van der Waals surface area contributed by atoms with E-state index in [9.17, 15) is 4.79 Å². The van der Waals surface area contributed by atoms with Crippen molar-refractivity contribution in [3.8, 4) is 11.9 Å². The Morgan fingerprint density at radius 2 is 2.29 bits per heavy atom. The van der Waals surface area contributed by atoms with E-state index in [1.807, 2.05) is 31.4 Å². The normalized spacial score (nSPS) is 24.1. The van der Waals surface area contributed by atoms with Crippen molar-refractivity contribution in [3.63, 3.8) is 0 Å². The third-order valence-electron chi connectivity index (χ3n) is 5.07. The van der Waals surface area contributed by atoms with Crippen LogP contribution in [0.5, 0.6) is 5.88 Å². The predicted molar refractivity (Wildman–Crippen MR) is 106 cm³/mol. The summed E-state index contributed by atoms with van der Waals surface area (Å²) in [5, 5.41) is 8.83. The van der Waals surface area contributed by atoms with Gasteiger partial charge in [0.25, 0.3) is 5.91 Å². The maximum Gasteiger partial charge on any atom is 0.272 e. The highest BCUT2D eigenvalue weighted by molar-refractivity contribution is 6.16. The van der Waals surface area contributed by atoms with Gasteiger partial charge in [0.1, 0.15) is 18.2 Å². The average molecular weight is 375 g/mol. The number of nitrogens with zero attached hydrogens (tertiary/aromatic N) is 5. The number of rotatable bonds is 5. The van der Waals surface area contributed by atoms with Crippen LogP contribution in [-0.2, 0) is 4.79 Å². The monoisotopic (exact) mass is 375 g/mol. The van der Waals surface area contributed by atoms with Gasteiger partial charge in [0.2, 0.25) is 5.88 Å². The number of aliphatic imine (C=N–C) groups is 2. The summed E-state index contributed by atoms with van der Waals surface area (Å²) in [5.41, 5.74) is 3.03. The molecule has 0 radical (unpaired) electrons. The fourth-order valence-corrected chi connectivity index (χ4v) is 3.58. The molecule has 1 amide bonds. The number of ether oxygens (including phenoxy) is 1. The molecule has 0 saturated carbocycles. The van der Waals surface area contributed by atoms with Gasteiger partial charge >= 0.3 is 0 Å².